The Kier molecular flexibility index (Phi) is 9.51. The Labute approximate surface area is 129 Å². The van der Waals surface area contributed by atoms with Gasteiger partial charge in [0, 0.05) is 13.1 Å². The van der Waals surface area contributed by atoms with Crippen LogP contribution in [0.2, 0.25) is 0 Å². The average molecular weight is 315 g/mol. The molecule has 1 amide bonds. The van der Waals surface area contributed by atoms with Crippen molar-refractivity contribution in [3.05, 3.63) is 0 Å². The third kappa shape index (κ3) is 7.02. The molecule has 22 heavy (non-hydrogen) atoms. The second kappa shape index (κ2) is 10.6. The van der Waals surface area contributed by atoms with Gasteiger partial charge in [-0.25, -0.2) is 4.79 Å². The van der Waals surface area contributed by atoms with E-state index in [1.54, 1.807) is 0 Å². The maximum Gasteiger partial charge on any atom is 0.326 e. The van der Waals surface area contributed by atoms with Crippen molar-refractivity contribution in [2.24, 2.45) is 22.2 Å². The van der Waals surface area contributed by atoms with Crippen molar-refractivity contribution < 1.29 is 19.5 Å². The van der Waals surface area contributed by atoms with E-state index >= 15 is 0 Å². The van der Waals surface area contributed by atoms with Crippen LogP contribution in [0.1, 0.15) is 32.6 Å². The van der Waals surface area contributed by atoms with E-state index in [0.29, 0.717) is 38.8 Å². The molecule has 7 N–H and O–H groups in total. The molecule has 1 saturated heterocycles. The number of aliphatic imine (C=N–C) groups is 1. The first kappa shape index (κ1) is 19.8. The molecule has 0 aromatic heterocycles. The Bertz CT molecular complexity index is 409. The Balaban J connectivity index is 0.00000135. The molecular weight excluding hydrogens is 290 g/mol. The summed E-state index contributed by atoms with van der Waals surface area (Å²) in [7, 11) is 0. The van der Waals surface area contributed by atoms with Crippen molar-refractivity contribution in [2.45, 2.75) is 44.7 Å². The number of nitrogens with zero attached hydrogens (tertiary/aromatic N) is 2. The van der Waals surface area contributed by atoms with Crippen molar-refractivity contribution in [1.29, 1.82) is 0 Å². The Morgan fingerprint density at radius 1 is 1.45 bits per heavy atom. The summed E-state index contributed by atoms with van der Waals surface area (Å²) in [6.45, 7) is 2.31. The second-order valence-corrected chi connectivity index (χ2v) is 4.82. The number of aldehydes is 1. The largest absolute Gasteiger partial charge is 0.480 e. The van der Waals surface area contributed by atoms with E-state index in [1.165, 1.54) is 11.8 Å². The summed E-state index contributed by atoms with van der Waals surface area (Å²) in [6.07, 6.45) is 2.94. The van der Waals surface area contributed by atoms with Gasteiger partial charge in [-0.1, -0.05) is 0 Å². The summed E-state index contributed by atoms with van der Waals surface area (Å²) in [5, 5.41) is 9.01. The molecule has 126 valence electrons. The number of carboxylic acids is 1. The zero-order valence-corrected chi connectivity index (χ0v) is 12.8. The lowest BCUT2D eigenvalue weighted by atomic mass is 10.1. The number of carboxylic acid groups (broad SMARTS) is 1. The molecule has 1 fully saturated rings. The summed E-state index contributed by atoms with van der Waals surface area (Å²) >= 11 is 0. The fourth-order valence-electron chi connectivity index (χ4n) is 2.14. The van der Waals surface area contributed by atoms with Crippen LogP contribution in [-0.2, 0) is 14.4 Å². The molecule has 0 bridgehead atoms. The van der Waals surface area contributed by atoms with Gasteiger partial charge in [0.05, 0.1) is 6.04 Å². The summed E-state index contributed by atoms with van der Waals surface area (Å²) in [5.41, 5.74) is 16.1. The second-order valence-electron chi connectivity index (χ2n) is 4.82. The van der Waals surface area contributed by atoms with E-state index in [4.69, 9.17) is 27.1 Å². The summed E-state index contributed by atoms with van der Waals surface area (Å²) in [4.78, 5) is 37.0. The van der Waals surface area contributed by atoms with Gasteiger partial charge in [-0.05, 0) is 32.6 Å². The van der Waals surface area contributed by atoms with Crippen LogP contribution in [0.3, 0.4) is 0 Å². The number of carbonyl (C=O) groups excluding carboxylic acids is 2. The summed E-state index contributed by atoms with van der Waals surface area (Å²) in [6, 6.07) is -1.44. The van der Waals surface area contributed by atoms with Crippen LogP contribution in [0.5, 0.6) is 0 Å². The summed E-state index contributed by atoms with van der Waals surface area (Å²) < 4.78 is 0. The molecule has 2 atom stereocenters. The minimum absolute atomic E-state index is 0.00498. The van der Waals surface area contributed by atoms with Crippen LogP contribution in [-0.4, -0.2) is 59.3 Å². The fourth-order valence-corrected chi connectivity index (χ4v) is 2.14. The number of aliphatic carboxylic acids is 1. The molecular formula is C13H25N5O4. The molecule has 0 aromatic rings. The standard InChI is InChI=1S/C11H21N5O3.C2H4O/c12-7(3-1-5-15-11(13)14)9(17)16-6-2-4-8(16)10(18)19;1-2-3/h7-8H,1-6,12H2,(H,18,19)(H4,13,14,15);2H,1H3. The molecule has 9 heteroatoms. The quantitative estimate of drug-likeness (QED) is 0.203. The van der Waals surface area contributed by atoms with Gasteiger partial charge in [0.25, 0.3) is 0 Å². The van der Waals surface area contributed by atoms with E-state index in [9.17, 15) is 9.59 Å². The fraction of sp³-hybridized carbons (Fsp3) is 0.692. The molecule has 1 aliphatic heterocycles. The van der Waals surface area contributed by atoms with Crippen molar-refractivity contribution in [3.63, 3.8) is 0 Å². The van der Waals surface area contributed by atoms with Gasteiger partial charge in [0.2, 0.25) is 5.91 Å². The molecule has 1 heterocycles. The van der Waals surface area contributed by atoms with Crippen molar-refractivity contribution in [2.75, 3.05) is 13.1 Å². The first-order valence-electron chi connectivity index (χ1n) is 7.09. The van der Waals surface area contributed by atoms with Crippen LogP contribution in [0.4, 0.5) is 0 Å². The van der Waals surface area contributed by atoms with Crippen molar-refractivity contribution in [1.82, 2.24) is 4.90 Å². The van der Waals surface area contributed by atoms with Crippen LogP contribution in [0.25, 0.3) is 0 Å². The maximum atomic E-state index is 12.0. The smallest absolute Gasteiger partial charge is 0.326 e. The van der Waals surface area contributed by atoms with E-state index < -0.39 is 18.1 Å². The average Bonchev–Trinajstić information content (AvgIpc) is 2.92. The lowest BCUT2D eigenvalue weighted by Crippen LogP contribution is -2.48. The highest BCUT2D eigenvalue weighted by Gasteiger charge is 2.35. The number of carbonyl (C=O) groups is 3. The monoisotopic (exact) mass is 315 g/mol. The molecule has 0 saturated carbocycles. The van der Waals surface area contributed by atoms with Crippen LogP contribution >= 0.6 is 0 Å². The minimum Gasteiger partial charge on any atom is -0.480 e. The lowest BCUT2D eigenvalue weighted by Gasteiger charge is -2.24. The number of amides is 1. The normalized spacial score (nSPS) is 17.9. The predicted octanol–water partition coefficient (Wildman–Crippen LogP) is -1.35. The van der Waals surface area contributed by atoms with Gasteiger partial charge < -0.3 is 32.0 Å². The highest BCUT2D eigenvalue weighted by atomic mass is 16.4. The van der Waals surface area contributed by atoms with Crippen LogP contribution in [0.15, 0.2) is 4.99 Å². The number of guanidine groups is 1. The Morgan fingerprint density at radius 3 is 2.55 bits per heavy atom. The highest BCUT2D eigenvalue weighted by Crippen LogP contribution is 2.18. The number of rotatable bonds is 6. The highest BCUT2D eigenvalue weighted by molar-refractivity contribution is 5.87. The van der Waals surface area contributed by atoms with Crippen LogP contribution in [0, 0.1) is 0 Å². The number of hydrogen-bond acceptors (Lipinski definition) is 5. The predicted molar refractivity (Wildman–Crippen MR) is 82.0 cm³/mol. The van der Waals surface area contributed by atoms with Crippen molar-refractivity contribution >= 4 is 24.1 Å². The molecule has 1 aliphatic rings. The van der Waals surface area contributed by atoms with Gasteiger partial charge in [0.15, 0.2) is 5.96 Å². The molecule has 0 aliphatic carbocycles. The molecule has 0 radical (unpaired) electrons. The number of hydrogen-bond donors (Lipinski definition) is 4. The van der Waals surface area contributed by atoms with Gasteiger partial charge in [0.1, 0.15) is 12.3 Å². The zero-order valence-electron chi connectivity index (χ0n) is 12.8. The van der Waals surface area contributed by atoms with E-state index in [0.717, 1.165) is 6.29 Å². The minimum atomic E-state index is -0.974. The third-order valence-corrected chi connectivity index (χ3v) is 3.11. The molecule has 1 rings (SSSR count). The maximum absolute atomic E-state index is 12.0. The van der Waals surface area contributed by atoms with Crippen molar-refractivity contribution in [3.8, 4) is 0 Å². The lowest BCUT2D eigenvalue weighted by molar-refractivity contribution is -0.148. The zero-order chi connectivity index (χ0) is 17.1. The third-order valence-electron chi connectivity index (χ3n) is 3.11. The van der Waals surface area contributed by atoms with Gasteiger partial charge in [-0.3, -0.25) is 9.79 Å². The Hall–Kier alpha value is -2.16. The number of nitrogens with two attached hydrogens (primary N) is 3. The topological polar surface area (TPSA) is 165 Å². The van der Waals surface area contributed by atoms with E-state index in [2.05, 4.69) is 4.99 Å². The summed E-state index contributed by atoms with van der Waals surface area (Å²) in [5.74, 6) is -1.28. The van der Waals surface area contributed by atoms with E-state index in [1.807, 2.05) is 0 Å². The first-order valence-corrected chi connectivity index (χ1v) is 7.09. The first-order chi connectivity index (χ1) is 10.3. The van der Waals surface area contributed by atoms with Gasteiger partial charge in [-0.15, -0.1) is 0 Å². The van der Waals surface area contributed by atoms with Gasteiger partial charge in [-0.2, -0.15) is 0 Å². The van der Waals surface area contributed by atoms with Gasteiger partial charge >= 0.3 is 5.97 Å². The molecule has 0 aromatic carbocycles. The molecule has 9 nitrogen and oxygen atoms in total. The molecule has 0 spiro atoms. The van der Waals surface area contributed by atoms with E-state index in [-0.39, 0.29) is 11.9 Å². The Morgan fingerprint density at radius 2 is 2.05 bits per heavy atom. The van der Waals surface area contributed by atoms with Crippen LogP contribution < -0.4 is 17.2 Å². The SMILES string of the molecule is CC=O.NC(N)=NCCCC(N)C(=O)N1CCCC1C(=O)O. The molecule has 2 unspecified atom stereocenters. The number of likely N-dealkylation sites (tertiary alicyclic amines) is 1.